The van der Waals surface area contributed by atoms with Gasteiger partial charge in [0.1, 0.15) is 5.84 Å². The van der Waals surface area contributed by atoms with Gasteiger partial charge in [0, 0.05) is 19.8 Å². The van der Waals surface area contributed by atoms with Gasteiger partial charge in [0.25, 0.3) is 0 Å². The number of nitrogens with one attached hydrogen (secondary N) is 1. The van der Waals surface area contributed by atoms with Crippen LogP contribution in [-0.4, -0.2) is 43.7 Å². The fourth-order valence-corrected chi connectivity index (χ4v) is 1.18. The Balaban J connectivity index is 2.53. The third-order valence-corrected chi connectivity index (χ3v) is 1.89. The number of hydrogen-bond donors (Lipinski definition) is 1. The summed E-state index contributed by atoms with van der Waals surface area (Å²) in [6, 6.07) is 0. The predicted octanol–water partition coefficient (Wildman–Crippen LogP) is 0.562. The van der Waals surface area contributed by atoms with E-state index < -0.39 is 0 Å². The summed E-state index contributed by atoms with van der Waals surface area (Å²) >= 11 is 0. The first-order chi connectivity index (χ1) is 6.24. The molecule has 0 aromatic heterocycles. The van der Waals surface area contributed by atoms with Crippen molar-refractivity contribution in [1.82, 2.24) is 10.3 Å². The molecule has 1 saturated heterocycles. The molecule has 0 spiro atoms. The molecule has 0 amide bonds. The quantitative estimate of drug-likeness (QED) is 0.648. The molecule has 74 valence electrons. The van der Waals surface area contributed by atoms with Crippen LogP contribution < -0.4 is 5.32 Å². The van der Waals surface area contributed by atoms with Crippen molar-refractivity contribution in [2.75, 3.05) is 26.2 Å². The van der Waals surface area contributed by atoms with Crippen LogP contribution in [0.5, 0.6) is 0 Å². The highest BCUT2D eigenvalue weighted by Crippen LogP contribution is 1.99. The Bertz CT molecular complexity index is 198. The monoisotopic (exact) mass is 182 g/mol. The molecule has 0 radical (unpaired) electrons. The number of piperazine rings is 1. The van der Waals surface area contributed by atoms with E-state index in [0.29, 0.717) is 5.92 Å². The third-order valence-electron chi connectivity index (χ3n) is 1.89. The molecule has 13 heavy (non-hydrogen) atoms. The minimum absolute atomic E-state index is 0.598. The number of hydrazone groups is 1. The van der Waals surface area contributed by atoms with E-state index >= 15 is 0 Å². The maximum absolute atomic E-state index is 4.48. The predicted molar refractivity (Wildman–Crippen MR) is 56.3 cm³/mol. The lowest BCUT2D eigenvalue weighted by Crippen LogP contribution is -2.45. The largest absolute Gasteiger partial charge is 0.308 e. The van der Waals surface area contributed by atoms with Gasteiger partial charge in [-0.1, -0.05) is 13.8 Å². The van der Waals surface area contributed by atoms with E-state index in [-0.39, 0.29) is 0 Å². The van der Waals surface area contributed by atoms with E-state index in [0.717, 1.165) is 32.0 Å². The molecule has 0 aromatic rings. The molecule has 4 heteroatoms. The summed E-state index contributed by atoms with van der Waals surface area (Å²) in [6.07, 6.45) is 0. The summed E-state index contributed by atoms with van der Waals surface area (Å²) in [7, 11) is 0. The van der Waals surface area contributed by atoms with E-state index in [9.17, 15) is 0 Å². The molecule has 4 nitrogen and oxygen atoms in total. The Labute approximate surface area is 79.7 Å². The summed E-state index contributed by atoms with van der Waals surface area (Å²) in [5, 5.41) is 9.06. The van der Waals surface area contributed by atoms with Crippen LogP contribution in [0.4, 0.5) is 0 Å². The normalized spacial score (nSPS) is 21.2. The number of amidine groups is 1. The highest BCUT2D eigenvalue weighted by Gasteiger charge is 2.13. The topological polar surface area (TPSA) is 40.0 Å². The average Bonchev–Trinajstić information content (AvgIpc) is 2.15. The summed E-state index contributed by atoms with van der Waals surface area (Å²) in [5.74, 6) is 1.61. The van der Waals surface area contributed by atoms with Crippen molar-refractivity contribution >= 4 is 12.6 Å². The highest BCUT2D eigenvalue weighted by atomic mass is 15.5. The second-order valence-electron chi connectivity index (χ2n) is 3.59. The lowest BCUT2D eigenvalue weighted by molar-refractivity contribution is 0.399. The van der Waals surface area contributed by atoms with Gasteiger partial charge >= 0.3 is 0 Å². The van der Waals surface area contributed by atoms with Gasteiger partial charge in [-0.3, -0.25) is 10.0 Å². The van der Waals surface area contributed by atoms with Gasteiger partial charge in [0.15, 0.2) is 0 Å². The second-order valence-corrected chi connectivity index (χ2v) is 3.59. The Kier molecular flexibility index (Phi) is 3.89. The van der Waals surface area contributed by atoms with Gasteiger partial charge in [0.2, 0.25) is 0 Å². The van der Waals surface area contributed by atoms with Gasteiger partial charge in [-0.05, 0) is 5.92 Å². The van der Waals surface area contributed by atoms with E-state index in [1.807, 2.05) is 5.01 Å². The Morgan fingerprint density at radius 3 is 3.00 bits per heavy atom. The van der Waals surface area contributed by atoms with Gasteiger partial charge in [-0.2, -0.15) is 5.10 Å². The maximum Gasteiger partial charge on any atom is 0.134 e. The SMILES string of the molecule is C=NN1CCNCC1=NCC(C)C. The zero-order valence-electron chi connectivity index (χ0n) is 8.45. The Morgan fingerprint density at radius 2 is 2.38 bits per heavy atom. The molecule has 0 saturated carbocycles. The summed E-state index contributed by atoms with van der Waals surface area (Å²) in [5.41, 5.74) is 0. The van der Waals surface area contributed by atoms with Crippen molar-refractivity contribution in [3.05, 3.63) is 0 Å². The minimum atomic E-state index is 0.598. The number of hydrogen-bond acceptors (Lipinski definition) is 3. The fourth-order valence-electron chi connectivity index (χ4n) is 1.18. The zero-order valence-corrected chi connectivity index (χ0v) is 8.45. The molecule has 1 heterocycles. The van der Waals surface area contributed by atoms with Crippen molar-refractivity contribution in [2.24, 2.45) is 16.0 Å². The molecule has 1 aliphatic rings. The molecule has 0 bridgehead atoms. The van der Waals surface area contributed by atoms with Gasteiger partial charge in [0.05, 0.1) is 13.1 Å². The number of nitrogens with zero attached hydrogens (tertiary/aromatic N) is 3. The van der Waals surface area contributed by atoms with Crippen molar-refractivity contribution in [3.63, 3.8) is 0 Å². The number of rotatable bonds is 3. The molecule has 0 unspecified atom stereocenters. The van der Waals surface area contributed by atoms with E-state index in [1.54, 1.807) is 0 Å². The fraction of sp³-hybridized carbons (Fsp3) is 0.778. The Hall–Kier alpha value is -0.900. The third kappa shape index (κ3) is 3.14. The van der Waals surface area contributed by atoms with Crippen LogP contribution in [0, 0.1) is 5.92 Å². The first kappa shape index (κ1) is 10.2. The van der Waals surface area contributed by atoms with E-state index in [4.69, 9.17) is 0 Å². The van der Waals surface area contributed by atoms with Gasteiger partial charge in [-0.15, -0.1) is 0 Å². The molecule has 1 N–H and O–H groups in total. The molecule has 0 atom stereocenters. The van der Waals surface area contributed by atoms with Crippen LogP contribution in [0.15, 0.2) is 10.1 Å². The maximum atomic E-state index is 4.48. The van der Waals surface area contributed by atoms with Crippen LogP contribution in [0.3, 0.4) is 0 Å². The minimum Gasteiger partial charge on any atom is -0.308 e. The average molecular weight is 182 g/mol. The van der Waals surface area contributed by atoms with Crippen molar-refractivity contribution in [2.45, 2.75) is 13.8 Å². The molecule has 1 rings (SSSR count). The van der Waals surface area contributed by atoms with Crippen molar-refractivity contribution in [3.8, 4) is 0 Å². The lowest BCUT2D eigenvalue weighted by atomic mass is 10.2. The van der Waals surface area contributed by atoms with E-state index in [2.05, 4.69) is 36.0 Å². The standard InChI is InChI=1S/C9H18N4/c1-8(2)6-12-9-7-11-4-5-13(9)10-3/h8,11H,3-7H2,1-2H3. The van der Waals surface area contributed by atoms with E-state index in [1.165, 1.54) is 0 Å². The summed E-state index contributed by atoms with van der Waals surface area (Å²) in [6.45, 7) is 11.4. The van der Waals surface area contributed by atoms with Gasteiger partial charge in [-0.25, -0.2) is 0 Å². The van der Waals surface area contributed by atoms with Gasteiger partial charge < -0.3 is 5.32 Å². The molecule has 1 fully saturated rings. The molecular formula is C9H18N4. The second kappa shape index (κ2) is 4.97. The molecular weight excluding hydrogens is 164 g/mol. The first-order valence-electron chi connectivity index (χ1n) is 4.72. The van der Waals surface area contributed by atoms with Crippen LogP contribution in [0.25, 0.3) is 0 Å². The van der Waals surface area contributed by atoms with Crippen molar-refractivity contribution < 1.29 is 0 Å². The highest BCUT2D eigenvalue weighted by molar-refractivity contribution is 5.84. The smallest absolute Gasteiger partial charge is 0.134 e. The first-order valence-corrected chi connectivity index (χ1v) is 4.72. The number of aliphatic imine (C=N–C) groups is 1. The van der Waals surface area contributed by atoms with Crippen LogP contribution >= 0.6 is 0 Å². The zero-order chi connectivity index (χ0) is 9.68. The summed E-state index contributed by atoms with van der Waals surface area (Å²) < 4.78 is 0. The van der Waals surface area contributed by atoms with Crippen LogP contribution in [0.1, 0.15) is 13.8 Å². The van der Waals surface area contributed by atoms with Crippen LogP contribution in [0.2, 0.25) is 0 Å². The molecule has 1 aliphatic heterocycles. The summed E-state index contributed by atoms with van der Waals surface area (Å²) in [4.78, 5) is 4.48. The van der Waals surface area contributed by atoms with Crippen LogP contribution in [-0.2, 0) is 0 Å². The lowest BCUT2D eigenvalue weighted by Gasteiger charge is -2.26. The van der Waals surface area contributed by atoms with Crippen molar-refractivity contribution in [1.29, 1.82) is 0 Å². The molecule has 0 aromatic carbocycles. The molecule has 0 aliphatic carbocycles. The Morgan fingerprint density at radius 1 is 1.62 bits per heavy atom.